The summed E-state index contributed by atoms with van der Waals surface area (Å²) in [6.07, 6.45) is 0. The van der Waals surface area contributed by atoms with Gasteiger partial charge in [-0.2, -0.15) is 0 Å². The van der Waals surface area contributed by atoms with Gasteiger partial charge in [-0.15, -0.1) is 0 Å². The van der Waals surface area contributed by atoms with E-state index in [4.69, 9.17) is 26.8 Å². The highest BCUT2D eigenvalue weighted by Crippen LogP contribution is 2.31. The molecule has 0 aliphatic heterocycles. The number of rotatable bonds is 4. The van der Waals surface area contributed by atoms with E-state index in [1.807, 2.05) is 42.5 Å². The minimum Gasteiger partial charge on any atom is -0.493 e. The maximum absolute atomic E-state index is 6.24. The van der Waals surface area contributed by atoms with Crippen molar-refractivity contribution >= 4 is 11.6 Å². The quantitative estimate of drug-likeness (QED) is 0.931. The average molecular weight is 278 g/mol. The first-order valence-electron chi connectivity index (χ1n) is 5.88. The molecular weight excluding hydrogens is 262 g/mol. The predicted octanol–water partition coefficient (Wildman–Crippen LogP) is 3.41. The van der Waals surface area contributed by atoms with Gasteiger partial charge in [0.1, 0.15) is 0 Å². The van der Waals surface area contributed by atoms with Crippen molar-refractivity contribution < 1.29 is 9.47 Å². The second-order valence-electron chi connectivity index (χ2n) is 4.14. The van der Waals surface area contributed by atoms with Gasteiger partial charge < -0.3 is 15.2 Å². The van der Waals surface area contributed by atoms with E-state index in [1.165, 1.54) is 0 Å². The average Bonchev–Trinajstić information content (AvgIpc) is 2.46. The first kappa shape index (κ1) is 13.7. The zero-order chi connectivity index (χ0) is 13.8. The number of halogens is 1. The van der Waals surface area contributed by atoms with Crippen LogP contribution in [0.25, 0.3) is 0 Å². The molecule has 19 heavy (non-hydrogen) atoms. The van der Waals surface area contributed by atoms with Crippen LogP contribution in [-0.2, 0) is 0 Å². The number of nitrogens with two attached hydrogens (primary N) is 1. The first-order valence-corrected chi connectivity index (χ1v) is 6.26. The molecule has 0 aromatic heterocycles. The van der Waals surface area contributed by atoms with Crippen LogP contribution in [-0.4, -0.2) is 14.2 Å². The SMILES string of the molecule is COc1ccc(C(N)c2ccc(Cl)cc2)cc1OC. The molecule has 2 aromatic carbocycles. The van der Waals surface area contributed by atoms with Gasteiger partial charge in [0.25, 0.3) is 0 Å². The fraction of sp³-hybridized carbons (Fsp3) is 0.200. The minimum absolute atomic E-state index is 0.225. The van der Waals surface area contributed by atoms with E-state index < -0.39 is 0 Å². The highest BCUT2D eigenvalue weighted by molar-refractivity contribution is 6.30. The third-order valence-electron chi connectivity index (χ3n) is 3.00. The number of benzene rings is 2. The summed E-state index contributed by atoms with van der Waals surface area (Å²) in [4.78, 5) is 0. The van der Waals surface area contributed by atoms with Gasteiger partial charge in [0.2, 0.25) is 0 Å². The standard InChI is InChI=1S/C15H16ClNO2/c1-18-13-8-5-11(9-14(13)19-2)15(17)10-3-6-12(16)7-4-10/h3-9,15H,17H2,1-2H3. The van der Waals surface area contributed by atoms with E-state index in [-0.39, 0.29) is 6.04 Å². The second kappa shape index (κ2) is 5.95. The molecule has 2 aromatic rings. The summed E-state index contributed by atoms with van der Waals surface area (Å²) in [5.41, 5.74) is 8.20. The molecule has 1 atom stereocenters. The largest absolute Gasteiger partial charge is 0.493 e. The van der Waals surface area contributed by atoms with Crippen molar-refractivity contribution in [2.24, 2.45) is 5.73 Å². The van der Waals surface area contributed by atoms with Crippen LogP contribution < -0.4 is 15.2 Å². The zero-order valence-electron chi connectivity index (χ0n) is 10.9. The van der Waals surface area contributed by atoms with E-state index in [1.54, 1.807) is 14.2 Å². The Labute approximate surface area is 117 Å². The molecule has 2 N–H and O–H groups in total. The fourth-order valence-electron chi connectivity index (χ4n) is 1.91. The lowest BCUT2D eigenvalue weighted by Crippen LogP contribution is -2.11. The highest BCUT2D eigenvalue weighted by Gasteiger charge is 2.12. The molecule has 0 aliphatic carbocycles. The van der Waals surface area contributed by atoms with Crippen molar-refractivity contribution in [3.63, 3.8) is 0 Å². The first-order chi connectivity index (χ1) is 9.15. The van der Waals surface area contributed by atoms with E-state index in [9.17, 15) is 0 Å². The topological polar surface area (TPSA) is 44.5 Å². The van der Waals surface area contributed by atoms with Crippen LogP contribution in [0.1, 0.15) is 17.2 Å². The molecule has 3 nitrogen and oxygen atoms in total. The molecular formula is C15H16ClNO2. The molecule has 4 heteroatoms. The summed E-state index contributed by atoms with van der Waals surface area (Å²) in [6.45, 7) is 0. The van der Waals surface area contributed by atoms with Crippen LogP contribution >= 0.6 is 11.6 Å². The summed E-state index contributed by atoms with van der Waals surface area (Å²) in [7, 11) is 3.21. The summed E-state index contributed by atoms with van der Waals surface area (Å²) in [6, 6.07) is 12.9. The third kappa shape index (κ3) is 3.00. The van der Waals surface area contributed by atoms with E-state index >= 15 is 0 Å². The van der Waals surface area contributed by atoms with Crippen LogP contribution in [0.15, 0.2) is 42.5 Å². The molecule has 1 unspecified atom stereocenters. The number of ether oxygens (including phenoxy) is 2. The molecule has 0 fully saturated rings. The summed E-state index contributed by atoms with van der Waals surface area (Å²) < 4.78 is 10.5. The second-order valence-corrected chi connectivity index (χ2v) is 4.58. The van der Waals surface area contributed by atoms with Crippen LogP contribution in [0, 0.1) is 0 Å². The Morgan fingerprint density at radius 3 is 2.05 bits per heavy atom. The molecule has 0 heterocycles. The lowest BCUT2D eigenvalue weighted by atomic mass is 9.99. The summed E-state index contributed by atoms with van der Waals surface area (Å²) in [5, 5.41) is 0.697. The van der Waals surface area contributed by atoms with Gasteiger partial charge in [-0.3, -0.25) is 0 Å². The van der Waals surface area contributed by atoms with Crippen molar-refractivity contribution in [2.45, 2.75) is 6.04 Å². The van der Waals surface area contributed by atoms with Crippen molar-refractivity contribution in [1.29, 1.82) is 0 Å². The highest BCUT2D eigenvalue weighted by atomic mass is 35.5. The normalized spacial score (nSPS) is 12.0. The Morgan fingerprint density at radius 1 is 0.895 bits per heavy atom. The molecule has 100 valence electrons. The van der Waals surface area contributed by atoms with Gasteiger partial charge in [-0.1, -0.05) is 29.8 Å². The minimum atomic E-state index is -0.225. The Bertz CT molecular complexity index is 555. The van der Waals surface area contributed by atoms with E-state index in [0.29, 0.717) is 16.5 Å². The molecule has 0 aliphatic rings. The maximum Gasteiger partial charge on any atom is 0.161 e. The fourth-order valence-corrected chi connectivity index (χ4v) is 2.03. The van der Waals surface area contributed by atoms with Gasteiger partial charge >= 0.3 is 0 Å². The van der Waals surface area contributed by atoms with Crippen molar-refractivity contribution in [2.75, 3.05) is 14.2 Å². The van der Waals surface area contributed by atoms with Crippen molar-refractivity contribution in [3.05, 3.63) is 58.6 Å². The van der Waals surface area contributed by atoms with Crippen LogP contribution in [0.5, 0.6) is 11.5 Å². The number of hydrogen-bond donors (Lipinski definition) is 1. The van der Waals surface area contributed by atoms with Crippen LogP contribution in [0.3, 0.4) is 0 Å². The van der Waals surface area contributed by atoms with Crippen molar-refractivity contribution in [3.8, 4) is 11.5 Å². The Balaban J connectivity index is 2.33. The van der Waals surface area contributed by atoms with Gasteiger partial charge in [0.15, 0.2) is 11.5 Å². The smallest absolute Gasteiger partial charge is 0.161 e. The molecule has 2 rings (SSSR count). The van der Waals surface area contributed by atoms with E-state index in [2.05, 4.69) is 0 Å². The zero-order valence-corrected chi connectivity index (χ0v) is 11.6. The molecule has 0 saturated heterocycles. The van der Waals surface area contributed by atoms with Gasteiger partial charge in [-0.25, -0.2) is 0 Å². The van der Waals surface area contributed by atoms with E-state index in [0.717, 1.165) is 11.1 Å². The lowest BCUT2D eigenvalue weighted by Gasteiger charge is -2.15. The van der Waals surface area contributed by atoms with Crippen molar-refractivity contribution in [1.82, 2.24) is 0 Å². The summed E-state index contributed by atoms with van der Waals surface area (Å²) >= 11 is 5.87. The maximum atomic E-state index is 6.24. The van der Waals surface area contributed by atoms with Gasteiger partial charge in [-0.05, 0) is 35.4 Å². The summed E-state index contributed by atoms with van der Waals surface area (Å²) in [5.74, 6) is 1.36. The Morgan fingerprint density at radius 2 is 1.47 bits per heavy atom. The number of hydrogen-bond acceptors (Lipinski definition) is 3. The monoisotopic (exact) mass is 277 g/mol. The van der Waals surface area contributed by atoms with Crippen LogP contribution in [0.2, 0.25) is 5.02 Å². The molecule has 0 radical (unpaired) electrons. The predicted molar refractivity (Wildman–Crippen MR) is 77.0 cm³/mol. The Hall–Kier alpha value is -1.71. The molecule has 0 amide bonds. The van der Waals surface area contributed by atoms with Gasteiger partial charge in [0.05, 0.1) is 20.3 Å². The molecule has 0 spiro atoms. The number of methoxy groups -OCH3 is 2. The Kier molecular flexibility index (Phi) is 4.30. The van der Waals surface area contributed by atoms with Gasteiger partial charge in [0, 0.05) is 5.02 Å². The molecule has 0 saturated carbocycles. The third-order valence-corrected chi connectivity index (χ3v) is 3.25. The molecule has 0 bridgehead atoms. The van der Waals surface area contributed by atoms with Crippen LogP contribution in [0.4, 0.5) is 0 Å². The lowest BCUT2D eigenvalue weighted by molar-refractivity contribution is 0.354.